The number of carbonyl (C=O) groups is 1. The second-order valence-corrected chi connectivity index (χ2v) is 5.48. The van der Waals surface area contributed by atoms with Crippen molar-refractivity contribution >= 4 is 29.0 Å². The van der Waals surface area contributed by atoms with Crippen LogP contribution in [0.25, 0.3) is 22.2 Å². The number of pyridine rings is 1. The number of nitrogens with zero attached hydrogens (tertiary/aromatic N) is 2. The normalized spacial score (nSPS) is 11.4. The lowest BCUT2D eigenvalue weighted by Gasteiger charge is -2.10. The van der Waals surface area contributed by atoms with Crippen LogP contribution in [-0.4, -0.2) is 24.5 Å². The Bertz CT molecular complexity index is 967. The van der Waals surface area contributed by atoms with Gasteiger partial charge in [-0.25, -0.2) is 9.98 Å². The van der Waals surface area contributed by atoms with E-state index in [-0.39, 0.29) is 5.96 Å². The van der Waals surface area contributed by atoms with Crippen molar-refractivity contribution in [1.82, 2.24) is 10.3 Å². The van der Waals surface area contributed by atoms with Crippen LogP contribution in [0.3, 0.4) is 0 Å². The Hall–Kier alpha value is -3.41. The first kappa shape index (κ1) is 16.4. The third kappa shape index (κ3) is 3.42. The number of hydrogen-bond acceptors (Lipinski definition) is 4. The molecule has 0 radical (unpaired) electrons. The molecule has 0 atom stereocenters. The molecule has 126 valence electrons. The average molecular weight is 334 g/mol. The Morgan fingerprint density at radius 2 is 2.04 bits per heavy atom. The summed E-state index contributed by atoms with van der Waals surface area (Å²) in [5.74, 6) is 0.727. The highest BCUT2D eigenvalue weighted by atomic mass is 16.5. The van der Waals surface area contributed by atoms with Crippen LogP contribution in [-0.2, 0) is 4.79 Å². The number of carbonyl (C=O) groups excluding carboxylic acids is 1. The molecule has 1 aromatic heterocycles. The van der Waals surface area contributed by atoms with E-state index in [2.05, 4.69) is 10.3 Å². The van der Waals surface area contributed by atoms with Gasteiger partial charge in [0.2, 0.25) is 6.41 Å². The smallest absolute Gasteiger partial charge is 0.213 e. The Kier molecular flexibility index (Phi) is 4.61. The minimum atomic E-state index is 0.0223. The molecule has 0 aliphatic rings. The topological polar surface area (TPSA) is 89.6 Å². The number of aryl methyl sites for hydroxylation is 1. The predicted molar refractivity (Wildman–Crippen MR) is 99.0 cm³/mol. The fourth-order valence-electron chi connectivity index (χ4n) is 2.63. The number of amides is 1. The monoisotopic (exact) mass is 334 g/mol. The third-order valence-corrected chi connectivity index (χ3v) is 3.86. The van der Waals surface area contributed by atoms with Gasteiger partial charge in [0.25, 0.3) is 0 Å². The van der Waals surface area contributed by atoms with E-state index in [0.29, 0.717) is 17.8 Å². The zero-order chi connectivity index (χ0) is 17.8. The van der Waals surface area contributed by atoms with E-state index < -0.39 is 0 Å². The number of nitrogens with two attached hydrogens (primary N) is 1. The van der Waals surface area contributed by atoms with E-state index in [4.69, 9.17) is 15.5 Å². The first-order valence-electron chi connectivity index (χ1n) is 7.71. The highest BCUT2D eigenvalue weighted by Crippen LogP contribution is 2.33. The van der Waals surface area contributed by atoms with E-state index >= 15 is 0 Å². The minimum absolute atomic E-state index is 0.0223. The average Bonchev–Trinajstić information content (AvgIpc) is 2.61. The van der Waals surface area contributed by atoms with E-state index in [1.165, 1.54) is 0 Å². The number of guanidine groups is 1. The van der Waals surface area contributed by atoms with Crippen LogP contribution >= 0.6 is 0 Å². The van der Waals surface area contributed by atoms with Crippen LogP contribution in [0, 0.1) is 6.92 Å². The molecule has 0 aliphatic heterocycles. The van der Waals surface area contributed by atoms with Crippen LogP contribution in [0.5, 0.6) is 5.75 Å². The van der Waals surface area contributed by atoms with Crippen LogP contribution in [0.2, 0.25) is 0 Å². The maximum absolute atomic E-state index is 10.6. The van der Waals surface area contributed by atoms with Gasteiger partial charge in [-0.05, 0) is 30.7 Å². The molecule has 0 saturated heterocycles. The van der Waals surface area contributed by atoms with E-state index in [1.807, 2.05) is 55.5 Å². The summed E-state index contributed by atoms with van der Waals surface area (Å²) in [6, 6.07) is 15.4. The van der Waals surface area contributed by atoms with Crippen molar-refractivity contribution in [2.45, 2.75) is 6.92 Å². The highest BCUT2D eigenvalue weighted by molar-refractivity contribution is 5.97. The van der Waals surface area contributed by atoms with E-state index in [1.54, 1.807) is 7.11 Å². The molecule has 0 bridgehead atoms. The van der Waals surface area contributed by atoms with Crippen LogP contribution in [0.4, 0.5) is 5.69 Å². The van der Waals surface area contributed by atoms with Crippen LogP contribution in [0.15, 0.2) is 53.5 Å². The summed E-state index contributed by atoms with van der Waals surface area (Å²) in [5, 5.41) is 3.17. The number of rotatable bonds is 4. The first-order chi connectivity index (χ1) is 12.1. The standard InChI is InChI=1S/C19H18N4O2/c1-12-5-3-4-6-14(12)17-10-18(23-19(20)21-11-24)15-8-7-13(25-2)9-16(15)22-17/h3-11H,1-2H3,(H3,20,21,22,23,24). The molecule has 0 aliphatic carbocycles. The van der Waals surface area contributed by atoms with E-state index in [0.717, 1.165) is 27.7 Å². The molecular formula is C19H18N4O2. The van der Waals surface area contributed by atoms with Gasteiger partial charge >= 0.3 is 0 Å². The molecule has 3 aromatic rings. The molecule has 25 heavy (non-hydrogen) atoms. The summed E-state index contributed by atoms with van der Waals surface area (Å²) in [5.41, 5.74) is 9.98. The number of benzene rings is 2. The second-order valence-electron chi connectivity index (χ2n) is 5.48. The molecule has 6 nitrogen and oxygen atoms in total. The summed E-state index contributed by atoms with van der Waals surface area (Å²) in [6.07, 6.45) is 0.494. The molecule has 0 saturated carbocycles. The van der Waals surface area contributed by atoms with Gasteiger partial charge in [-0.1, -0.05) is 24.3 Å². The van der Waals surface area contributed by atoms with Gasteiger partial charge in [0.05, 0.1) is 24.0 Å². The van der Waals surface area contributed by atoms with Gasteiger partial charge in [-0.3, -0.25) is 10.1 Å². The van der Waals surface area contributed by atoms with Crippen LogP contribution in [0.1, 0.15) is 5.56 Å². The summed E-state index contributed by atoms with van der Waals surface area (Å²) in [6.45, 7) is 2.03. The number of aromatic nitrogens is 1. The molecule has 0 fully saturated rings. The maximum Gasteiger partial charge on any atom is 0.213 e. The summed E-state index contributed by atoms with van der Waals surface area (Å²) in [7, 11) is 1.61. The Labute approximate surface area is 145 Å². The largest absolute Gasteiger partial charge is 0.497 e. The Balaban J connectivity index is 2.27. The fourth-order valence-corrected chi connectivity index (χ4v) is 2.63. The summed E-state index contributed by atoms with van der Waals surface area (Å²) >= 11 is 0. The van der Waals surface area contributed by atoms with Crippen molar-refractivity contribution in [3.05, 3.63) is 54.1 Å². The number of nitrogens with one attached hydrogen (secondary N) is 1. The lowest BCUT2D eigenvalue weighted by molar-refractivity contribution is -0.108. The zero-order valence-electron chi connectivity index (χ0n) is 14.0. The SMILES string of the molecule is COc1ccc2c(N=C(N)NC=O)cc(-c3ccccc3C)nc2c1. The van der Waals surface area contributed by atoms with Crippen molar-refractivity contribution in [2.24, 2.45) is 10.7 Å². The second kappa shape index (κ2) is 7.00. The Morgan fingerprint density at radius 3 is 2.76 bits per heavy atom. The molecular weight excluding hydrogens is 316 g/mol. The summed E-state index contributed by atoms with van der Waals surface area (Å²) < 4.78 is 5.29. The third-order valence-electron chi connectivity index (χ3n) is 3.86. The Morgan fingerprint density at radius 1 is 1.24 bits per heavy atom. The molecule has 6 heteroatoms. The lowest BCUT2D eigenvalue weighted by atomic mass is 10.0. The van der Waals surface area contributed by atoms with Gasteiger partial charge in [0.15, 0.2) is 5.96 Å². The summed E-state index contributed by atoms with van der Waals surface area (Å²) in [4.78, 5) is 19.7. The van der Waals surface area contributed by atoms with Crippen molar-refractivity contribution in [2.75, 3.05) is 7.11 Å². The van der Waals surface area contributed by atoms with Crippen molar-refractivity contribution < 1.29 is 9.53 Å². The molecule has 1 heterocycles. The first-order valence-corrected chi connectivity index (χ1v) is 7.71. The van der Waals surface area contributed by atoms with Gasteiger partial charge in [-0.2, -0.15) is 0 Å². The quantitative estimate of drug-likeness (QED) is 0.436. The number of aliphatic imine (C=N–C) groups is 1. The lowest BCUT2D eigenvalue weighted by Crippen LogP contribution is -2.29. The van der Waals surface area contributed by atoms with E-state index in [9.17, 15) is 4.79 Å². The minimum Gasteiger partial charge on any atom is -0.497 e. The molecule has 1 amide bonds. The molecule has 3 N–H and O–H groups in total. The molecule has 0 unspecified atom stereocenters. The number of methoxy groups -OCH3 is 1. The maximum atomic E-state index is 10.6. The predicted octanol–water partition coefficient (Wildman–Crippen LogP) is 2.91. The fraction of sp³-hybridized carbons (Fsp3) is 0.105. The molecule has 0 spiro atoms. The van der Waals surface area contributed by atoms with Crippen molar-refractivity contribution in [3.63, 3.8) is 0 Å². The van der Waals surface area contributed by atoms with Crippen molar-refractivity contribution in [1.29, 1.82) is 0 Å². The number of hydrogen-bond donors (Lipinski definition) is 2. The van der Waals surface area contributed by atoms with Gasteiger partial charge in [0, 0.05) is 17.0 Å². The van der Waals surface area contributed by atoms with Crippen LogP contribution < -0.4 is 15.8 Å². The highest BCUT2D eigenvalue weighted by Gasteiger charge is 2.10. The zero-order valence-corrected chi connectivity index (χ0v) is 14.0. The van der Waals surface area contributed by atoms with Gasteiger partial charge in [-0.15, -0.1) is 0 Å². The number of fused-ring (bicyclic) bond motifs is 1. The van der Waals surface area contributed by atoms with Crippen molar-refractivity contribution in [3.8, 4) is 17.0 Å². The molecule has 2 aromatic carbocycles. The van der Waals surface area contributed by atoms with Gasteiger partial charge in [0.1, 0.15) is 5.75 Å². The molecule has 3 rings (SSSR count). The number of ether oxygens (including phenoxy) is 1. The van der Waals surface area contributed by atoms with Gasteiger partial charge < -0.3 is 10.5 Å².